The fraction of sp³-hybridized carbons (Fsp3) is 0.407. The van der Waals surface area contributed by atoms with Crippen LogP contribution < -0.4 is 8.37 Å². The summed E-state index contributed by atoms with van der Waals surface area (Å²) in [6.45, 7) is 12.8. The molecule has 1 aliphatic carbocycles. The van der Waals surface area contributed by atoms with Gasteiger partial charge in [-0.25, -0.2) is 4.68 Å². The van der Waals surface area contributed by atoms with Crippen molar-refractivity contribution in [2.24, 2.45) is 0 Å². The molecule has 1 unspecified atom stereocenters. The summed E-state index contributed by atoms with van der Waals surface area (Å²) in [6.07, 6.45) is 4.78. The van der Waals surface area contributed by atoms with Gasteiger partial charge in [0.25, 0.3) is 0 Å². The third-order valence-corrected chi connectivity index (χ3v) is 7.41. The van der Waals surface area contributed by atoms with Crippen LogP contribution in [0.2, 0.25) is 0 Å². The first-order valence-electron chi connectivity index (χ1n) is 11.7. The molecule has 0 fully saturated rings. The van der Waals surface area contributed by atoms with Gasteiger partial charge >= 0.3 is 11.4 Å². The zero-order chi connectivity index (χ0) is 24.6. The topological polar surface area (TPSA) is 70.4 Å². The fourth-order valence-corrected chi connectivity index (χ4v) is 5.74. The van der Waals surface area contributed by atoms with Crippen LogP contribution in [0.1, 0.15) is 77.4 Å². The molecule has 0 saturated heterocycles. The summed E-state index contributed by atoms with van der Waals surface area (Å²) < 4.78 is 25.4. The molecule has 6 nitrogen and oxygen atoms in total. The summed E-state index contributed by atoms with van der Waals surface area (Å²) in [4.78, 5) is 13.8. The number of rotatable bonds is 7. The molecule has 0 N–H and O–H groups in total. The molecule has 0 radical (unpaired) electrons. The van der Waals surface area contributed by atoms with E-state index in [0.717, 1.165) is 36.0 Å². The quantitative estimate of drug-likeness (QED) is 0.405. The van der Waals surface area contributed by atoms with Crippen molar-refractivity contribution in [3.8, 4) is 11.6 Å². The lowest BCUT2D eigenvalue weighted by Gasteiger charge is -2.36. The molecule has 1 aliphatic rings. The molecule has 0 saturated carbocycles. The maximum atomic E-state index is 13.8. The molecule has 3 aromatic rings. The van der Waals surface area contributed by atoms with Crippen LogP contribution in [0.3, 0.4) is 0 Å². The number of para-hydroxylation sites is 1. The Morgan fingerprint density at radius 3 is 2.56 bits per heavy atom. The first-order valence-corrected chi connectivity index (χ1v) is 12.7. The van der Waals surface area contributed by atoms with Crippen molar-refractivity contribution in [3.05, 3.63) is 75.5 Å². The second kappa shape index (κ2) is 9.37. The Morgan fingerprint density at radius 1 is 1.12 bits per heavy atom. The van der Waals surface area contributed by atoms with E-state index in [1.165, 1.54) is 22.0 Å². The molecular weight excluding hydrogens is 448 g/mol. The van der Waals surface area contributed by atoms with E-state index in [4.69, 9.17) is 8.37 Å². The predicted molar refractivity (Wildman–Crippen MR) is 134 cm³/mol. The van der Waals surface area contributed by atoms with Gasteiger partial charge in [0.15, 0.2) is 5.78 Å². The van der Waals surface area contributed by atoms with E-state index < -0.39 is 11.4 Å². The Morgan fingerprint density at radius 2 is 1.85 bits per heavy atom. The highest BCUT2D eigenvalue weighted by Crippen LogP contribution is 2.42. The van der Waals surface area contributed by atoms with Gasteiger partial charge in [0.1, 0.15) is 11.3 Å². The largest absolute Gasteiger partial charge is 0.419 e. The van der Waals surface area contributed by atoms with Crippen molar-refractivity contribution in [2.75, 3.05) is 0 Å². The SMILES string of the molecule is CCn1ncc(C(=O)c2cc(C)c3c(c2C)C(C)(C)CCC3)c1OS(=O)Oc1ccccc1C. The highest BCUT2D eigenvalue weighted by atomic mass is 32.2. The van der Waals surface area contributed by atoms with Gasteiger partial charge < -0.3 is 8.37 Å². The Bertz CT molecular complexity index is 1280. The van der Waals surface area contributed by atoms with Gasteiger partial charge in [0.05, 0.1) is 6.20 Å². The number of aromatic nitrogens is 2. The smallest absolute Gasteiger partial charge is 0.371 e. The number of aryl methyl sites for hydroxylation is 3. The van der Waals surface area contributed by atoms with Gasteiger partial charge in [-0.15, -0.1) is 0 Å². The molecule has 0 aliphatic heterocycles. The standard InChI is InChI=1S/C27H32N2O4S/c1-7-29-26(33-34(31)32-23-13-9-8-11-17(23)2)22(16-28-29)25(30)21-15-18(3)20-12-10-14-27(5,6)24(20)19(21)4/h8-9,11,13,15-16H,7,10,12,14H2,1-6H3. The molecule has 2 aromatic carbocycles. The van der Waals surface area contributed by atoms with E-state index in [2.05, 4.69) is 25.9 Å². The second-order valence-corrected chi connectivity index (χ2v) is 10.3. The minimum absolute atomic E-state index is 0.00846. The third kappa shape index (κ3) is 4.41. The van der Waals surface area contributed by atoms with Crippen LogP contribution in [0.4, 0.5) is 0 Å². The minimum atomic E-state index is -2.14. The Balaban J connectivity index is 1.71. The molecule has 180 valence electrons. The van der Waals surface area contributed by atoms with Gasteiger partial charge in [-0.2, -0.15) is 9.31 Å². The zero-order valence-electron chi connectivity index (χ0n) is 20.7. The predicted octanol–water partition coefficient (Wildman–Crippen LogP) is 5.71. The molecule has 0 amide bonds. The average molecular weight is 481 g/mol. The molecule has 34 heavy (non-hydrogen) atoms. The van der Waals surface area contributed by atoms with Crippen molar-refractivity contribution in [2.45, 2.75) is 72.8 Å². The van der Waals surface area contributed by atoms with E-state index in [0.29, 0.717) is 17.9 Å². The van der Waals surface area contributed by atoms with Crippen LogP contribution in [-0.4, -0.2) is 19.8 Å². The van der Waals surface area contributed by atoms with Gasteiger partial charge in [-0.3, -0.25) is 4.79 Å². The van der Waals surface area contributed by atoms with Crippen LogP contribution in [-0.2, 0) is 29.7 Å². The van der Waals surface area contributed by atoms with Gasteiger partial charge in [0.2, 0.25) is 5.88 Å². The molecule has 1 atom stereocenters. The van der Waals surface area contributed by atoms with Crippen molar-refractivity contribution < 1.29 is 17.4 Å². The summed E-state index contributed by atoms with van der Waals surface area (Å²) in [7, 11) is 0. The number of hydrogen-bond acceptors (Lipinski definition) is 5. The number of ketones is 1. The average Bonchev–Trinajstić information content (AvgIpc) is 3.19. The summed E-state index contributed by atoms with van der Waals surface area (Å²) in [5.41, 5.74) is 6.53. The summed E-state index contributed by atoms with van der Waals surface area (Å²) >= 11 is -2.14. The van der Waals surface area contributed by atoms with Crippen molar-refractivity contribution in [1.82, 2.24) is 9.78 Å². The van der Waals surface area contributed by atoms with Crippen LogP contribution >= 0.6 is 0 Å². The highest BCUT2D eigenvalue weighted by Gasteiger charge is 2.33. The lowest BCUT2D eigenvalue weighted by atomic mass is 9.68. The zero-order valence-corrected chi connectivity index (χ0v) is 21.5. The monoisotopic (exact) mass is 480 g/mol. The molecule has 0 bridgehead atoms. The van der Waals surface area contributed by atoms with Gasteiger partial charge in [-0.1, -0.05) is 32.0 Å². The summed E-state index contributed by atoms with van der Waals surface area (Å²) in [6, 6.07) is 9.24. The number of nitrogens with zero attached hydrogens (tertiary/aromatic N) is 2. The lowest BCUT2D eigenvalue weighted by molar-refractivity contribution is 0.103. The van der Waals surface area contributed by atoms with E-state index in [9.17, 15) is 9.00 Å². The van der Waals surface area contributed by atoms with Crippen LogP contribution in [0, 0.1) is 20.8 Å². The number of carbonyl (C=O) groups is 1. The number of benzene rings is 2. The minimum Gasteiger partial charge on any atom is -0.371 e. The van der Waals surface area contributed by atoms with E-state index >= 15 is 0 Å². The Hall–Kier alpha value is -2.93. The highest BCUT2D eigenvalue weighted by molar-refractivity contribution is 7.75. The Labute approximate surface area is 204 Å². The van der Waals surface area contributed by atoms with Crippen molar-refractivity contribution in [3.63, 3.8) is 0 Å². The first kappa shape index (κ1) is 24.2. The lowest BCUT2D eigenvalue weighted by Crippen LogP contribution is -2.27. The molecule has 0 spiro atoms. The third-order valence-electron chi connectivity index (χ3n) is 6.80. The second-order valence-electron chi connectivity index (χ2n) is 9.60. The van der Waals surface area contributed by atoms with Gasteiger partial charge in [-0.05, 0) is 92.3 Å². The van der Waals surface area contributed by atoms with Crippen molar-refractivity contribution >= 4 is 17.1 Å². The summed E-state index contributed by atoms with van der Waals surface area (Å²) in [5.74, 6) is 0.417. The normalized spacial score (nSPS) is 15.5. The molecule has 7 heteroatoms. The van der Waals surface area contributed by atoms with Crippen LogP contribution in [0.15, 0.2) is 36.5 Å². The first-order chi connectivity index (χ1) is 16.1. The molecular formula is C27H32N2O4S. The maximum Gasteiger partial charge on any atom is 0.419 e. The Kier molecular flexibility index (Phi) is 6.67. The van der Waals surface area contributed by atoms with Crippen LogP contribution in [0.5, 0.6) is 11.6 Å². The molecule has 1 heterocycles. The van der Waals surface area contributed by atoms with Gasteiger partial charge in [0, 0.05) is 12.1 Å². The van der Waals surface area contributed by atoms with Crippen molar-refractivity contribution in [1.29, 1.82) is 0 Å². The number of hydrogen-bond donors (Lipinski definition) is 0. The molecule has 4 rings (SSSR count). The van der Waals surface area contributed by atoms with E-state index in [-0.39, 0.29) is 22.6 Å². The van der Waals surface area contributed by atoms with E-state index in [1.54, 1.807) is 12.1 Å². The fourth-order valence-electron chi connectivity index (χ4n) is 5.07. The summed E-state index contributed by atoms with van der Waals surface area (Å²) in [5, 5.41) is 4.31. The molecule has 1 aromatic heterocycles. The number of carbonyl (C=O) groups excluding carboxylic acids is 1. The van der Waals surface area contributed by atoms with E-state index in [1.807, 2.05) is 39.0 Å². The maximum absolute atomic E-state index is 13.8. The van der Waals surface area contributed by atoms with Crippen LogP contribution in [0.25, 0.3) is 0 Å². The number of fused-ring (bicyclic) bond motifs is 1.